The van der Waals surface area contributed by atoms with E-state index < -0.39 is 8.60 Å². The van der Waals surface area contributed by atoms with Crippen molar-refractivity contribution in [3.05, 3.63) is 0 Å². The molecule has 1 aliphatic heterocycles. The Morgan fingerprint density at radius 3 is 2.92 bits per heavy atom. The van der Waals surface area contributed by atoms with Crippen LogP contribution in [0.4, 0.5) is 0 Å². The van der Waals surface area contributed by atoms with E-state index in [0.29, 0.717) is 6.61 Å². The monoisotopic (exact) mass is 190 g/mol. The second kappa shape index (κ2) is 5.15. The maximum Gasteiger partial charge on any atom is 0.329 e. The van der Waals surface area contributed by atoms with Gasteiger partial charge in [-0.25, -0.2) is 0 Å². The average Bonchev–Trinajstić information content (AvgIpc) is 2.47. The van der Waals surface area contributed by atoms with E-state index in [4.69, 9.17) is 22.0 Å². The van der Waals surface area contributed by atoms with Crippen LogP contribution in [0.2, 0.25) is 0 Å². The zero-order valence-corrected chi connectivity index (χ0v) is 7.87. The fraction of sp³-hybridized carbons (Fsp3) is 1.00. The van der Waals surface area contributed by atoms with Gasteiger partial charge in [0.25, 0.3) is 0 Å². The molecule has 68 valence electrons. The summed E-state index contributed by atoms with van der Waals surface area (Å²) in [6, 6.07) is -0.175. The van der Waals surface area contributed by atoms with E-state index >= 15 is 0 Å². The Hall–Kier alpha value is 0.335. The molecule has 0 spiro atoms. The molecule has 0 aromatic carbocycles. The molecule has 1 aliphatic rings. The van der Waals surface area contributed by atoms with Gasteiger partial charge >= 0.3 is 8.60 Å². The minimum Gasteiger partial charge on any atom is -0.382 e. The van der Waals surface area contributed by atoms with Crippen LogP contribution in [0.25, 0.3) is 0 Å². The fourth-order valence-electron chi connectivity index (χ4n) is 1.06. The maximum absolute atomic E-state index is 8.92. The molecule has 0 aromatic heterocycles. The summed E-state index contributed by atoms with van der Waals surface area (Å²) < 4.78 is 14.7. The molecule has 1 fully saturated rings. The summed E-state index contributed by atoms with van der Waals surface area (Å²) in [5.74, 6) is 0. The molecule has 0 aromatic rings. The highest BCUT2D eigenvalue weighted by Crippen LogP contribution is 2.32. The highest BCUT2D eigenvalue weighted by Gasteiger charge is 2.22. The van der Waals surface area contributed by atoms with Gasteiger partial charge in [0.1, 0.15) is 7.85 Å². The summed E-state index contributed by atoms with van der Waals surface area (Å²) in [7, 11) is 5.16. The van der Waals surface area contributed by atoms with Gasteiger partial charge in [0.15, 0.2) is 0 Å². The van der Waals surface area contributed by atoms with Crippen molar-refractivity contribution < 1.29 is 18.7 Å². The summed E-state index contributed by atoms with van der Waals surface area (Å²) in [6.07, 6.45) is 1.74. The first-order valence-corrected chi connectivity index (χ1v) is 4.92. The zero-order chi connectivity index (χ0) is 8.97. The number of hydrogen-bond acceptors (Lipinski definition) is 4. The van der Waals surface area contributed by atoms with Gasteiger partial charge in [-0.1, -0.05) is 0 Å². The Bertz CT molecular complexity index is 137. The number of hydrogen-bond donors (Lipinski definition) is 1. The van der Waals surface area contributed by atoms with E-state index in [1.807, 2.05) is 0 Å². The Morgan fingerprint density at radius 2 is 2.42 bits per heavy atom. The molecule has 4 nitrogen and oxygen atoms in total. The molecule has 0 bridgehead atoms. The van der Waals surface area contributed by atoms with Crippen LogP contribution in [-0.4, -0.2) is 38.6 Å². The lowest BCUT2D eigenvalue weighted by Gasteiger charge is -2.13. The molecule has 1 N–H and O–H groups in total. The van der Waals surface area contributed by atoms with Crippen LogP contribution in [0.15, 0.2) is 0 Å². The second-order valence-electron chi connectivity index (χ2n) is 2.59. The Labute approximate surface area is 74.6 Å². The molecule has 0 saturated carbocycles. The first-order valence-electron chi connectivity index (χ1n) is 3.79. The van der Waals surface area contributed by atoms with Crippen LogP contribution in [0, 0.1) is 0 Å². The SMILES string of the molecule is [B]C1CCC(COP(O)OC)O1. The van der Waals surface area contributed by atoms with Crippen molar-refractivity contribution in [1.29, 1.82) is 0 Å². The van der Waals surface area contributed by atoms with Crippen molar-refractivity contribution in [3.63, 3.8) is 0 Å². The van der Waals surface area contributed by atoms with Gasteiger partial charge in [-0.05, 0) is 12.8 Å². The minimum atomic E-state index is -1.73. The van der Waals surface area contributed by atoms with Gasteiger partial charge in [-0.3, -0.25) is 0 Å². The van der Waals surface area contributed by atoms with Gasteiger partial charge in [-0.2, -0.15) is 0 Å². The fourth-order valence-corrected chi connectivity index (χ4v) is 1.45. The normalized spacial score (nSPS) is 32.2. The predicted molar refractivity (Wildman–Crippen MR) is 45.7 cm³/mol. The minimum absolute atomic E-state index is 0.00676. The van der Waals surface area contributed by atoms with Crippen molar-refractivity contribution in [2.24, 2.45) is 0 Å². The third kappa shape index (κ3) is 3.38. The Kier molecular flexibility index (Phi) is 4.47. The number of ether oxygens (including phenoxy) is 1. The summed E-state index contributed by atoms with van der Waals surface area (Å²) in [4.78, 5) is 8.92. The quantitative estimate of drug-likeness (QED) is 0.519. The number of rotatable bonds is 4. The molecule has 12 heavy (non-hydrogen) atoms. The molecular weight excluding hydrogens is 178 g/mol. The molecule has 1 rings (SSSR count). The van der Waals surface area contributed by atoms with Gasteiger partial charge in [-0.15, -0.1) is 0 Å². The second-order valence-corrected chi connectivity index (χ2v) is 3.69. The maximum atomic E-state index is 8.92. The Morgan fingerprint density at radius 1 is 1.67 bits per heavy atom. The molecule has 0 aliphatic carbocycles. The highest BCUT2D eigenvalue weighted by molar-refractivity contribution is 7.40. The standard InChI is InChI=1S/C6H12BO4P/c1-9-12(8)10-4-5-2-3-6(7)11-5/h5-6,8H,2-4H2,1H3. The highest BCUT2D eigenvalue weighted by atomic mass is 31.2. The first kappa shape index (κ1) is 10.4. The van der Waals surface area contributed by atoms with Crippen molar-refractivity contribution in [1.82, 2.24) is 0 Å². The van der Waals surface area contributed by atoms with E-state index in [0.717, 1.165) is 12.8 Å². The van der Waals surface area contributed by atoms with Crippen molar-refractivity contribution in [2.45, 2.75) is 24.9 Å². The average molecular weight is 190 g/mol. The van der Waals surface area contributed by atoms with Crippen LogP contribution in [-0.2, 0) is 13.8 Å². The van der Waals surface area contributed by atoms with E-state index in [1.54, 1.807) is 0 Å². The molecule has 1 saturated heterocycles. The summed E-state index contributed by atoms with van der Waals surface area (Å²) in [5, 5.41) is 0. The third-order valence-corrected chi connectivity index (χ3v) is 2.35. The zero-order valence-electron chi connectivity index (χ0n) is 6.97. The third-order valence-electron chi connectivity index (χ3n) is 1.67. The van der Waals surface area contributed by atoms with E-state index in [9.17, 15) is 0 Å². The molecular formula is C6H12BO4P. The Balaban J connectivity index is 2.07. The lowest BCUT2D eigenvalue weighted by molar-refractivity contribution is 0.0456. The lowest BCUT2D eigenvalue weighted by atomic mass is 9.97. The van der Waals surface area contributed by atoms with Crippen molar-refractivity contribution >= 4 is 16.4 Å². The first-order chi connectivity index (χ1) is 5.72. The largest absolute Gasteiger partial charge is 0.382 e. The van der Waals surface area contributed by atoms with Crippen LogP contribution in [0.1, 0.15) is 12.8 Å². The molecule has 6 heteroatoms. The van der Waals surface area contributed by atoms with Gasteiger partial charge in [0, 0.05) is 13.1 Å². The van der Waals surface area contributed by atoms with Crippen LogP contribution >= 0.6 is 8.60 Å². The van der Waals surface area contributed by atoms with E-state index in [2.05, 4.69) is 4.52 Å². The van der Waals surface area contributed by atoms with Gasteiger partial charge in [0.05, 0.1) is 12.7 Å². The molecule has 3 unspecified atom stereocenters. The molecule has 3 atom stereocenters. The topological polar surface area (TPSA) is 47.9 Å². The van der Waals surface area contributed by atoms with E-state index in [1.165, 1.54) is 7.11 Å². The van der Waals surface area contributed by atoms with Crippen molar-refractivity contribution in [2.75, 3.05) is 13.7 Å². The van der Waals surface area contributed by atoms with Gasteiger partial charge in [0.2, 0.25) is 0 Å². The summed E-state index contributed by atoms with van der Waals surface area (Å²) in [5.41, 5.74) is 0. The molecule has 1 heterocycles. The molecule has 2 radical (unpaired) electrons. The van der Waals surface area contributed by atoms with Crippen molar-refractivity contribution in [3.8, 4) is 0 Å². The van der Waals surface area contributed by atoms with Gasteiger partial charge < -0.3 is 18.7 Å². The summed E-state index contributed by atoms with van der Waals surface area (Å²) in [6.45, 7) is 0.351. The summed E-state index contributed by atoms with van der Waals surface area (Å²) >= 11 is 0. The smallest absolute Gasteiger partial charge is 0.329 e. The van der Waals surface area contributed by atoms with E-state index in [-0.39, 0.29) is 12.1 Å². The van der Waals surface area contributed by atoms with Crippen LogP contribution in [0.5, 0.6) is 0 Å². The predicted octanol–water partition coefficient (Wildman–Crippen LogP) is 0.542. The van der Waals surface area contributed by atoms with Crippen LogP contribution in [0.3, 0.4) is 0 Å². The molecule has 0 amide bonds. The lowest BCUT2D eigenvalue weighted by Crippen LogP contribution is -2.15. The van der Waals surface area contributed by atoms with Crippen LogP contribution < -0.4 is 0 Å².